The van der Waals surface area contributed by atoms with Gasteiger partial charge in [0.25, 0.3) is 0 Å². The van der Waals surface area contributed by atoms with Crippen LogP contribution in [0.25, 0.3) is 0 Å². The molecule has 6 heteroatoms. The van der Waals surface area contributed by atoms with Crippen molar-refractivity contribution in [2.75, 3.05) is 17.2 Å². The van der Waals surface area contributed by atoms with Gasteiger partial charge in [-0.2, -0.15) is 0 Å². The number of benzene rings is 1. The fourth-order valence-electron chi connectivity index (χ4n) is 3.62. The van der Waals surface area contributed by atoms with E-state index in [2.05, 4.69) is 31.4 Å². The van der Waals surface area contributed by atoms with Gasteiger partial charge in [-0.05, 0) is 55.2 Å². The Kier molecular flexibility index (Phi) is 6.08. The fraction of sp³-hybridized carbons (Fsp3) is 0.455. The summed E-state index contributed by atoms with van der Waals surface area (Å²) in [7, 11) is 0. The molecular weight excluding hydrogens is 372 g/mol. The number of carbonyl (C=O) groups excluding carboxylic acids is 2. The number of hydrogen-bond acceptors (Lipinski definition) is 4. The Labute approximate surface area is 170 Å². The number of carbonyl (C=O) groups is 2. The Hall–Kier alpha value is -2.34. The van der Waals surface area contributed by atoms with Gasteiger partial charge in [0.2, 0.25) is 0 Å². The Morgan fingerprint density at radius 1 is 1.18 bits per heavy atom. The number of urea groups is 1. The van der Waals surface area contributed by atoms with E-state index in [1.54, 1.807) is 6.92 Å². The first-order chi connectivity index (χ1) is 13.3. The van der Waals surface area contributed by atoms with E-state index in [1.165, 1.54) is 16.2 Å². The van der Waals surface area contributed by atoms with E-state index in [4.69, 9.17) is 4.74 Å². The highest BCUT2D eigenvalue weighted by Gasteiger charge is 2.34. The summed E-state index contributed by atoms with van der Waals surface area (Å²) in [5.74, 6) is 0.198. The van der Waals surface area contributed by atoms with E-state index in [1.807, 2.05) is 30.3 Å². The molecule has 1 heterocycles. The number of fused-ring (bicyclic) bond motifs is 1. The topological polar surface area (TPSA) is 67.4 Å². The molecule has 1 aromatic carbocycles. The van der Waals surface area contributed by atoms with Gasteiger partial charge in [-0.25, -0.2) is 9.59 Å². The lowest BCUT2D eigenvalue weighted by molar-refractivity contribution is 0.0526. The number of hydrogen-bond donors (Lipinski definition) is 2. The van der Waals surface area contributed by atoms with Crippen molar-refractivity contribution in [3.63, 3.8) is 0 Å². The van der Waals surface area contributed by atoms with Crippen molar-refractivity contribution in [3.8, 4) is 0 Å². The molecule has 0 aliphatic heterocycles. The molecule has 0 saturated heterocycles. The van der Waals surface area contributed by atoms with E-state index in [0.717, 1.165) is 24.8 Å². The molecule has 2 aromatic rings. The molecule has 28 heavy (non-hydrogen) atoms. The third-order valence-corrected chi connectivity index (χ3v) is 6.40. The predicted molar refractivity (Wildman–Crippen MR) is 114 cm³/mol. The van der Waals surface area contributed by atoms with Crippen molar-refractivity contribution in [3.05, 3.63) is 46.3 Å². The van der Waals surface area contributed by atoms with Crippen molar-refractivity contribution < 1.29 is 14.3 Å². The highest BCUT2D eigenvalue weighted by molar-refractivity contribution is 7.17. The molecule has 2 amide bonds. The minimum absolute atomic E-state index is 0.212. The zero-order valence-corrected chi connectivity index (χ0v) is 17.7. The molecule has 0 spiro atoms. The van der Waals surface area contributed by atoms with Gasteiger partial charge < -0.3 is 10.1 Å². The number of anilines is 2. The molecule has 0 bridgehead atoms. The number of esters is 1. The van der Waals surface area contributed by atoms with Gasteiger partial charge in [-0.1, -0.05) is 39.0 Å². The number of nitrogens with one attached hydrogen (secondary N) is 2. The molecule has 2 N–H and O–H groups in total. The lowest BCUT2D eigenvalue weighted by Crippen LogP contribution is -2.26. The summed E-state index contributed by atoms with van der Waals surface area (Å²) in [5.41, 5.74) is 2.48. The molecule has 1 aliphatic rings. The van der Waals surface area contributed by atoms with Crippen molar-refractivity contribution in [2.45, 2.75) is 47.0 Å². The number of ether oxygens (including phenoxy) is 1. The van der Waals surface area contributed by atoms with Gasteiger partial charge in [0, 0.05) is 10.6 Å². The summed E-state index contributed by atoms with van der Waals surface area (Å²) in [5, 5.41) is 6.26. The monoisotopic (exact) mass is 400 g/mol. The molecule has 0 radical (unpaired) electrons. The smallest absolute Gasteiger partial charge is 0.341 e. The molecule has 1 aliphatic carbocycles. The first-order valence-electron chi connectivity index (χ1n) is 9.74. The van der Waals surface area contributed by atoms with Crippen LogP contribution < -0.4 is 10.6 Å². The van der Waals surface area contributed by atoms with Crippen LogP contribution in [-0.2, 0) is 17.6 Å². The summed E-state index contributed by atoms with van der Waals surface area (Å²) in [6, 6.07) is 8.88. The molecule has 1 atom stereocenters. The van der Waals surface area contributed by atoms with E-state index in [-0.39, 0.29) is 17.4 Å². The number of amides is 2. The molecule has 150 valence electrons. The molecular formula is C22H28N2O3S. The summed E-state index contributed by atoms with van der Waals surface area (Å²) in [6.45, 7) is 8.88. The Balaban J connectivity index is 1.86. The third kappa shape index (κ3) is 4.55. The van der Waals surface area contributed by atoms with Crippen molar-refractivity contribution >= 4 is 34.0 Å². The molecule has 5 nitrogen and oxygen atoms in total. The average Bonchev–Trinajstić information content (AvgIpc) is 2.98. The quantitative estimate of drug-likeness (QED) is 0.645. The van der Waals surface area contributed by atoms with Gasteiger partial charge in [0.05, 0.1) is 12.2 Å². The van der Waals surface area contributed by atoms with Crippen molar-refractivity contribution in [1.29, 1.82) is 0 Å². The number of para-hydroxylation sites is 1. The van der Waals surface area contributed by atoms with Crippen LogP contribution in [0, 0.1) is 11.3 Å². The van der Waals surface area contributed by atoms with Crippen LogP contribution in [0.2, 0.25) is 0 Å². The second-order valence-corrected chi connectivity index (χ2v) is 9.28. The maximum atomic E-state index is 12.6. The standard InChI is InChI=1S/C22H28N2O3S/c1-5-27-20(25)18-16-12-11-14(22(2,3)4)13-17(16)28-19(18)24-21(26)23-15-9-7-6-8-10-15/h6-10,14H,5,11-13H2,1-4H3,(H2,23,24,26). The first-order valence-corrected chi connectivity index (χ1v) is 10.6. The van der Waals surface area contributed by atoms with E-state index >= 15 is 0 Å². The molecule has 3 rings (SSSR count). The normalized spacial score (nSPS) is 16.2. The summed E-state index contributed by atoms with van der Waals surface area (Å²) < 4.78 is 5.28. The summed E-state index contributed by atoms with van der Waals surface area (Å²) in [4.78, 5) is 26.3. The van der Waals surface area contributed by atoms with Gasteiger partial charge in [0.15, 0.2) is 0 Å². The van der Waals surface area contributed by atoms with Crippen LogP contribution >= 0.6 is 11.3 Å². The van der Waals surface area contributed by atoms with Crippen LogP contribution in [0.3, 0.4) is 0 Å². The van der Waals surface area contributed by atoms with Gasteiger partial charge in [-0.3, -0.25) is 5.32 Å². The average molecular weight is 401 g/mol. The van der Waals surface area contributed by atoms with E-state index in [0.29, 0.717) is 28.8 Å². The maximum absolute atomic E-state index is 12.6. The van der Waals surface area contributed by atoms with E-state index in [9.17, 15) is 9.59 Å². The summed E-state index contributed by atoms with van der Waals surface area (Å²) in [6.07, 6.45) is 2.80. The molecule has 0 saturated carbocycles. The minimum Gasteiger partial charge on any atom is -0.462 e. The SMILES string of the molecule is CCOC(=O)c1c(NC(=O)Nc2ccccc2)sc2c1CCC(C(C)(C)C)C2. The summed E-state index contributed by atoms with van der Waals surface area (Å²) >= 11 is 1.50. The maximum Gasteiger partial charge on any atom is 0.341 e. The molecule has 0 fully saturated rings. The lowest BCUT2D eigenvalue weighted by Gasteiger charge is -2.33. The van der Waals surface area contributed by atoms with E-state index < -0.39 is 0 Å². The van der Waals surface area contributed by atoms with Gasteiger partial charge >= 0.3 is 12.0 Å². The van der Waals surface area contributed by atoms with Crippen LogP contribution in [-0.4, -0.2) is 18.6 Å². The number of rotatable bonds is 4. The fourth-order valence-corrected chi connectivity index (χ4v) is 4.93. The lowest BCUT2D eigenvalue weighted by atomic mass is 9.72. The van der Waals surface area contributed by atoms with Crippen molar-refractivity contribution in [1.82, 2.24) is 0 Å². The second-order valence-electron chi connectivity index (χ2n) is 8.18. The van der Waals surface area contributed by atoms with Crippen LogP contribution in [0.5, 0.6) is 0 Å². The largest absolute Gasteiger partial charge is 0.462 e. The highest BCUT2D eigenvalue weighted by Crippen LogP contribution is 2.44. The minimum atomic E-state index is -0.359. The van der Waals surface area contributed by atoms with Crippen molar-refractivity contribution in [2.24, 2.45) is 11.3 Å². The Morgan fingerprint density at radius 3 is 2.54 bits per heavy atom. The van der Waals surface area contributed by atoms with Crippen LogP contribution in [0.1, 0.15) is 54.9 Å². The second kappa shape index (κ2) is 8.35. The highest BCUT2D eigenvalue weighted by atomic mass is 32.1. The van der Waals surface area contributed by atoms with Gasteiger partial charge in [-0.15, -0.1) is 11.3 Å². The molecule has 1 aromatic heterocycles. The predicted octanol–water partition coefficient (Wildman–Crippen LogP) is 5.72. The van der Waals surface area contributed by atoms with Gasteiger partial charge in [0.1, 0.15) is 5.00 Å². The van der Waals surface area contributed by atoms with Crippen LogP contribution in [0.15, 0.2) is 30.3 Å². The zero-order chi connectivity index (χ0) is 20.3. The first kappa shape index (κ1) is 20.4. The Morgan fingerprint density at radius 2 is 1.89 bits per heavy atom. The third-order valence-electron chi connectivity index (χ3n) is 5.23. The zero-order valence-electron chi connectivity index (χ0n) is 16.9. The number of thiophene rings is 1. The molecule has 1 unspecified atom stereocenters. The van der Waals surface area contributed by atoms with Crippen LogP contribution in [0.4, 0.5) is 15.5 Å². The Bertz CT molecular complexity index is 853.